The van der Waals surface area contributed by atoms with Gasteiger partial charge in [0.25, 0.3) is 0 Å². The molecular weight excluding hydrogens is 298 g/mol. The molecule has 2 saturated heterocycles. The molecule has 1 aromatic rings. The Labute approximate surface area is 135 Å². The summed E-state index contributed by atoms with van der Waals surface area (Å²) >= 11 is 1.62. The first-order valence-corrected chi connectivity index (χ1v) is 8.87. The van der Waals surface area contributed by atoms with Gasteiger partial charge in [-0.25, -0.2) is 0 Å². The van der Waals surface area contributed by atoms with Crippen LogP contribution in [0.3, 0.4) is 0 Å². The van der Waals surface area contributed by atoms with Crippen molar-refractivity contribution < 1.29 is 9.59 Å². The highest BCUT2D eigenvalue weighted by Crippen LogP contribution is 2.31. The zero-order valence-electron chi connectivity index (χ0n) is 13.0. The third-order valence-electron chi connectivity index (χ3n) is 4.93. The van der Waals surface area contributed by atoms with E-state index in [1.54, 1.807) is 11.3 Å². The zero-order valence-corrected chi connectivity index (χ0v) is 13.8. The van der Waals surface area contributed by atoms with Gasteiger partial charge in [-0.05, 0) is 30.8 Å². The van der Waals surface area contributed by atoms with E-state index in [2.05, 4.69) is 17.1 Å². The molecular formula is C16H23N3O2S. The molecule has 1 spiro atoms. The Morgan fingerprint density at radius 1 is 1.36 bits per heavy atom. The van der Waals surface area contributed by atoms with E-state index < -0.39 is 5.54 Å². The number of nitrogens with zero attached hydrogens (tertiary/aromatic N) is 2. The summed E-state index contributed by atoms with van der Waals surface area (Å²) in [6, 6.07) is 3.98. The molecule has 0 radical (unpaired) electrons. The molecule has 120 valence electrons. The smallest absolute Gasteiger partial charge is 0.240 e. The lowest BCUT2D eigenvalue weighted by molar-refractivity contribution is -0.145. The molecule has 0 atom stereocenters. The summed E-state index contributed by atoms with van der Waals surface area (Å²) in [5, 5.41) is 5.00. The minimum absolute atomic E-state index is 0.144. The van der Waals surface area contributed by atoms with Crippen LogP contribution in [0.25, 0.3) is 0 Å². The summed E-state index contributed by atoms with van der Waals surface area (Å²) in [6.07, 6.45) is 1.96. The van der Waals surface area contributed by atoms with Crippen LogP contribution in [0.4, 0.5) is 0 Å². The van der Waals surface area contributed by atoms with Gasteiger partial charge in [0.2, 0.25) is 11.8 Å². The second-order valence-corrected chi connectivity index (χ2v) is 7.04. The lowest BCUT2D eigenvalue weighted by Gasteiger charge is -2.49. The van der Waals surface area contributed by atoms with E-state index in [0.29, 0.717) is 19.5 Å². The van der Waals surface area contributed by atoms with Crippen LogP contribution >= 0.6 is 11.3 Å². The number of piperidine rings is 1. The first-order chi connectivity index (χ1) is 10.7. The number of carbonyl (C=O) groups is 2. The number of hydrogen-bond donors (Lipinski definition) is 1. The minimum Gasteiger partial charge on any atom is -0.353 e. The van der Waals surface area contributed by atoms with Crippen LogP contribution in [0.15, 0.2) is 17.5 Å². The first kappa shape index (κ1) is 15.5. The van der Waals surface area contributed by atoms with Crippen LogP contribution in [0.5, 0.6) is 0 Å². The number of likely N-dealkylation sites (N-methyl/N-ethyl adjacent to an activating group) is 1. The number of nitrogens with one attached hydrogen (secondary N) is 1. The van der Waals surface area contributed by atoms with Crippen molar-refractivity contribution >= 4 is 23.2 Å². The topological polar surface area (TPSA) is 52.7 Å². The monoisotopic (exact) mass is 321 g/mol. The molecule has 0 bridgehead atoms. The number of amides is 2. The van der Waals surface area contributed by atoms with Crippen LogP contribution < -0.4 is 5.32 Å². The Morgan fingerprint density at radius 2 is 2.14 bits per heavy atom. The molecule has 2 amide bonds. The molecule has 1 aromatic heterocycles. The number of carbonyl (C=O) groups excluding carboxylic acids is 2. The molecule has 5 nitrogen and oxygen atoms in total. The second-order valence-electron chi connectivity index (χ2n) is 6.00. The summed E-state index contributed by atoms with van der Waals surface area (Å²) in [4.78, 5) is 30.1. The van der Waals surface area contributed by atoms with Crippen molar-refractivity contribution in [3.05, 3.63) is 22.4 Å². The Bertz CT molecular complexity index is 536. The highest BCUT2D eigenvalue weighted by atomic mass is 32.1. The first-order valence-electron chi connectivity index (χ1n) is 7.99. The molecule has 2 aliphatic rings. The Hall–Kier alpha value is -1.40. The maximum absolute atomic E-state index is 12.4. The predicted molar refractivity (Wildman–Crippen MR) is 86.8 cm³/mol. The van der Waals surface area contributed by atoms with Crippen LogP contribution in [0.2, 0.25) is 0 Å². The largest absolute Gasteiger partial charge is 0.353 e. The van der Waals surface area contributed by atoms with Gasteiger partial charge in [-0.1, -0.05) is 13.0 Å². The van der Waals surface area contributed by atoms with Crippen molar-refractivity contribution in [2.45, 2.75) is 31.7 Å². The molecule has 6 heteroatoms. The minimum atomic E-state index is -0.396. The lowest BCUT2D eigenvalue weighted by Crippen LogP contribution is -2.68. The number of thiophene rings is 1. The van der Waals surface area contributed by atoms with Gasteiger partial charge < -0.3 is 10.2 Å². The average molecular weight is 321 g/mol. The quantitative estimate of drug-likeness (QED) is 0.907. The van der Waals surface area contributed by atoms with Crippen LogP contribution in [-0.4, -0.2) is 59.9 Å². The molecule has 1 N–H and O–H groups in total. The second kappa shape index (κ2) is 6.38. The van der Waals surface area contributed by atoms with Gasteiger partial charge in [0, 0.05) is 31.1 Å². The molecule has 3 heterocycles. The number of likely N-dealkylation sites (tertiary alicyclic amines) is 1. The molecule has 22 heavy (non-hydrogen) atoms. The van der Waals surface area contributed by atoms with Crippen LogP contribution in [0.1, 0.15) is 24.6 Å². The van der Waals surface area contributed by atoms with Crippen molar-refractivity contribution in [1.82, 2.24) is 15.1 Å². The van der Waals surface area contributed by atoms with Gasteiger partial charge in [-0.3, -0.25) is 14.5 Å². The van der Waals surface area contributed by atoms with Crippen LogP contribution in [0, 0.1) is 0 Å². The molecule has 3 rings (SSSR count). The van der Waals surface area contributed by atoms with Crippen molar-refractivity contribution in [2.24, 2.45) is 0 Å². The molecule has 0 aliphatic carbocycles. The molecule has 0 saturated carbocycles. The fourth-order valence-corrected chi connectivity index (χ4v) is 4.33. The summed E-state index contributed by atoms with van der Waals surface area (Å²) in [6.45, 7) is 5.98. The Morgan fingerprint density at radius 3 is 2.77 bits per heavy atom. The number of hydrogen-bond acceptors (Lipinski definition) is 4. The van der Waals surface area contributed by atoms with Crippen molar-refractivity contribution in [1.29, 1.82) is 0 Å². The highest BCUT2D eigenvalue weighted by Gasteiger charge is 2.47. The summed E-state index contributed by atoms with van der Waals surface area (Å²) < 4.78 is 0. The normalized spacial score (nSPS) is 21.9. The predicted octanol–water partition coefficient (Wildman–Crippen LogP) is 1.10. The SMILES string of the molecule is CCN1CCNC(=O)C12CCN(C(=O)Cc1cccs1)CC2. The van der Waals surface area contributed by atoms with E-state index >= 15 is 0 Å². The number of rotatable bonds is 3. The van der Waals surface area contributed by atoms with Gasteiger partial charge in [0.05, 0.1) is 6.42 Å². The fraction of sp³-hybridized carbons (Fsp3) is 0.625. The third-order valence-corrected chi connectivity index (χ3v) is 5.80. The maximum atomic E-state index is 12.4. The van der Waals surface area contributed by atoms with Gasteiger partial charge in [0.15, 0.2) is 0 Å². The molecule has 0 unspecified atom stereocenters. The lowest BCUT2D eigenvalue weighted by atomic mass is 9.83. The van der Waals surface area contributed by atoms with Crippen molar-refractivity contribution in [3.63, 3.8) is 0 Å². The third kappa shape index (κ3) is 2.77. The van der Waals surface area contributed by atoms with Gasteiger partial charge in [0.1, 0.15) is 5.54 Å². The van der Waals surface area contributed by atoms with Gasteiger partial charge in [-0.2, -0.15) is 0 Å². The molecule has 2 fully saturated rings. The molecule has 0 aromatic carbocycles. The summed E-state index contributed by atoms with van der Waals surface area (Å²) in [7, 11) is 0. The van der Waals surface area contributed by atoms with Crippen molar-refractivity contribution in [3.8, 4) is 0 Å². The number of piperazine rings is 1. The van der Waals surface area contributed by atoms with Crippen molar-refractivity contribution in [2.75, 3.05) is 32.7 Å². The standard InChI is InChI=1S/C16H23N3O2S/c1-2-19-10-7-17-15(21)16(19)5-8-18(9-6-16)14(20)12-13-4-3-11-22-13/h3-4,11H,2,5-10,12H2,1H3,(H,17,21). The highest BCUT2D eigenvalue weighted by molar-refractivity contribution is 7.10. The maximum Gasteiger partial charge on any atom is 0.240 e. The van der Waals surface area contributed by atoms with Crippen LogP contribution in [-0.2, 0) is 16.0 Å². The average Bonchev–Trinajstić information content (AvgIpc) is 3.03. The van der Waals surface area contributed by atoms with E-state index in [0.717, 1.165) is 37.4 Å². The Kier molecular flexibility index (Phi) is 4.49. The Balaban J connectivity index is 1.63. The van der Waals surface area contributed by atoms with E-state index in [1.807, 2.05) is 22.4 Å². The zero-order chi connectivity index (χ0) is 15.6. The summed E-state index contributed by atoms with van der Waals surface area (Å²) in [5.41, 5.74) is -0.396. The van der Waals surface area contributed by atoms with E-state index in [4.69, 9.17) is 0 Å². The van der Waals surface area contributed by atoms with E-state index in [1.165, 1.54) is 0 Å². The summed E-state index contributed by atoms with van der Waals surface area (Å²) in [5.74, 6) is 0.322. The molecule has 2 aliphatic heterocycles. The van der Waals surface area contributed by atoms with E-state index in [-0.39, 0.29) is 11.8 Å². The van der Waals surface area contributed by atoms with Gasteiger partial charge >= 0.3 is 0 Å². The van der Waals surface area contributed by atoms with E-state index in [9.17, 15) is 9.59 Å². The fourth-order valence-electron chi connectivity index (χ4n) is 3.63. The van der Waals surface area contributed by atoms with Gasteiger partial charge in [-0.15, -0.1) is 11.3 Å².